The van der Waals surface area contributed by atoms with Crippen molar-refractivity contribution in [1.29, 1.82) is 0 Å². The highest BCUT2D eigenvalue weighted by Gasteiger charge is 2.21. The molecule has 1 N–H and O–H groups in total. The van der Waals surface area contributed by atoms with Crippen molar-refractivity contribution < 1.29 is 4.79 Å². The van der Waals surface area contributed by atoms with Gasteiger partial charge in [-0.15, -0.1) is 0 Å². The van der Waals surface area contributed by atoms with Crippen LogP contribution in [0.2, 0.25) is 0 Å². The summed E-state index contributed by atoms with van der Waals surface area (Å²) < 4.78 is 1.36. The predicted molar refractivity (Wildman–Crippen MR) is 81.8 cm³/mol. The molecule has 0 aliphatic heterocycles. The van der Waals surface area contributed by atoms with Gasteiger partial charge >= 0.3 is 4.87 Å². The summed E-state index contributed by atoms with van der Waals surface area (Å²) in [5, 5.41) is 1.80. The Balaban J connectivity index is 2.17. The Morgan fingerprint density at radius 1 is 1.25 bits per heavy atom. The summed E-state index contributed by atoms with van der Waals surface area (Å²) in [6.07, 6.45) is 0.257. The number of thiazole rings is 1. The lowest BCUT2D eigenvalue weighted by molar-refractivity contribution is -0.116. The van der Waals surface area contributed by atoms with Crippen LogP contribution in [0.4, 0.5) is 0 Å². The van der Waals surface area contributed by atoms with E-state index in [4.69, 9.17) is 0 Å². The van der Waals surface area contributed by atoms with E-state index in [0.717, 1.165) is 22.6 Å². The van der Waals surface area contributed by atoms with Gasteiger partial charge < -0.3 is 0 Å². The lowest BCUT2D eigenvalue weighted by Crippen LogP contribution is -2.35. The minimum absolute atomic E-state index is 0.170. The van der Waals surface area contributed by atoms with Gasteiger partial charge in [-0.3, -0.25) is 15.0 Å². The maximum atomic E-state index is 12.0. The Morgan fingerprint density at radius 3 is 2.50 bits per heavy atom. The van der Waals surface area contributed by atoms with Gasteiger partial charge in [-0.1, -0.05) is 62.4 Å². The van der Waals surface area contributed by atoms with Crippen molar-refractivity contribution in [2.24, 2.45) is 0 Å². The standard InChI is InChI=1S/C15H18N2O2S/c1-15(2,3)12-10-20-14(19)17(12)16-13(18)9-11-7-5-4-6-8-11/h4-8,10H,9H2,1-3H3,(H,16,18). The number of amides is 1. The molecule has 1 heterocycles. The second kappa shape index (κ2) is 5.63. The van der Waals surface area contributed by atoms with Gasteiger partial charge in [0.05, 0.1) is 12.1 Å². The minimum atomic E-state index is -0.195. The highest BCUT2D eigenvalue weighted by molar-refractivity contribution is 7.07. The molecule has 2 rings (SSSR count). The number of carbonyl (C=O) groups excluding carboxylic acids is 1. The molecule has 0 spiro atoms. The van der Waals surface area contributed by atoms with E-state index in [1.807, 2.05) is 51.1 Å². The molecular weight excluding hydrogens is 272 g/mol. The normalized spacial score (nSPS) is 11.3. The summed E-state index contributed by atoms with van der Waals surface area (Å²) in [5.41, 5.74) is 4.23. The summed E-state index contributed by atoms with van der Waals surface area (Å²) in [6.45, 7) is 6.02. The third-order valence-corrected chi connectivity index (χ3v) is 3.63. The van der Waals surface area contributed by atoms with E-state index in [-0.39, 0.29) is 22.6 Å². The van der Waals surface area contributed by atoms with Crippen LogP contribution in [0.25, 0.3) is 0 Å². The summed E-state index contributed by atoms with van der Waals surface area (Å²) >= 11 is 1.10. The molecular formula is C15H18N2O2S. The van der Waals surface area contributed by atoms with Gasteiger partial charge in [-0.25, -0.2) is 4.68 Å². The molecule has 0 atom stereocenters. The number of nitrogens with zero attached hydrogens (tertiary/aromatic N) is 1. The average Bonchev–Trinajstić information content (AvgIpc) is 2.72. The maximum absolute atomic E-state index is 12.0. The summed E-state index contributed by atoms with van der Waals surface area (Å²) in [5.74, 6) is -0.192. The minimum Gasteiger partial charge on any atom is -0.273 e. The molecule has 0 saturated heterocycles. The molecule has 0 radical (unpaired) electrons. The van der Waals surface area contributed by atoms with Crippen molar-refractivity contribution in [3.05, 3.63) is 56.6 Å². The Hall–Kier alpha value is -1.88. The van der Waals surface area contributed by atoms with Crippen LogP contribution in [0, 0.1) is 0 Å². The van der Waals surface area contributed by atoms with Crippen molar-refractivity contribution in [2.75, 3.05) is 5.43 Å². The molecule has 1 amide bonds. The monoisotopic (exact) mass is 290 g/mol. The van der Waals surface area contributed by atoms with E-state index in [9.17, 15) is 9.59 Å². The van der Waals surface area contributed by atoms with Crippen molar-refractivity contribution >= 4 is 17.2 Å². The van der Waals surface area contributed by atoms with Gasteiger partial charge in [0.15, 0.2) is 0 Å². The second-order valence-corrected chi connectivity index (χ2v) is 6.49. The van der Waals surface area contributed by atoms with Gasteiger partial charge in [-0.05, 0) is 5.56 Å². The van der Waals surface area contributed by atoms with Gasteiger partial charge in [-0.2, -0.15) is 0 Å². The van der Waals surface area contributed by atoms with E-state index < -0.39 is 0 Å². The van der Waals surface area contributed by atoms with Crippen molar-refractivity contribution in [3.8, 4) is 0 Å². The van der Waals surface area contributed by atoms with E-state index >= 15 is 0 Å². The lowest BCUT2D eigenvalue weighted by Gasteiger charge is -2.20. The van der Waals surface area contributed by atoms with Crippen LogP contribution in [0.5, 0.6) is 0 Å². The SMILES string of the molecule is CC(C)(C)c1csc(=O)n1NC(=O)Cc1ccccc1. The fourth-order valence-corrected chi connectivity index (χ4v) is 2.79. The number of benzene rings is 1. The molecule has 5 heteroatoms. The smallest absolute Gasteiger partial charge is 0.273 e. The Kier molecular flexibility index (Phi) is 4.09. The first kappa shape index (κ1) is 14.5. The van der Waals surface area contributed by atoms with E-state index in [2.05, 4.69) is 5.43 Å². The highest BCUT2D eigenvalue weighted by Crippen LogP contribution is 2.21. The zero-order chi connectivity index (χ0) is 14.8. The van der Waals surface area contributed by atoms with Crippen molar-refractivity contribution in [2.45, 2.75) is 32.6 Å². The Labute approximate surface area is 122 Å². The summed E-state index contributed by atoms with van der Waals surface area (Å²) in [6, 6.07) is 9.46. The zero-order valence-electron chi connectivity index (χ0n) is 11.8. The van der Waals surface area contributed by atoms with E-state index in [1.54, 1.807) is 5.38 Å². The second-order valence-electron chi connectivity index (χ2n) is 5.67. The van der Waals surface area contributed by atoms with Gasteiger partial charge in [0.2, 0.25) is 5.91 Å². The van der Waals surface area contributed by atoms with Gasteiger partial charge in [0.25, 0.3) is 0 Å². The molecule has 0 unspecified atom stereocenters. The van der Waals surface area contributed by atoms with Crippen LogP contribution in [0.3, 0.4) is 0 Å². The zero-order valence-corrected chi connectivity index (χ0v) is 12.7. The number of hydrogen-bond acceptors (Lipinski definition) is 3. The molecule has 0 aliphatic rings. The molecule has 0 fully saturated rings. The molecule has 0 bridgehead atoms. The van der Waals surface area contributed by atoms with Crippen molar-refractivity contribution in [3.63, 3.8) is 0 Å². The van der Waals surface area contributed by atoms with Crippen LogP contribution < -0.4 is 10.3 Å². The Morgan fingerprint density at radius 2 is 1.90 bits per heavy atom. The Bertz CT molecular complexity index is 651. The number of hydrogen-bond donors (Lipinski definition) is 1. The van der Waals surface area contributed by atoms with Crippen LogP contribution in [-0.4, -0.2) is 10.6 Å². The predicted octanol–water partition coefficient (Wildman–Crippen LogP) is 2.52. The largest absolute Gasteiger partial charge is 0.326 e. The third-order valence-electron chi connectivity index (χ3n) is 2.91. The molecule has 106 valence electrons. The van der Waals surface area contributed by atoms with Crippen LogP contribution in [-0.2, 0) is 16.6 Å². The molecule has 1 aromatic heterocycles. The maximum Gasteiger partial charge on any atom is 0.326 e. The first-order chi connectivity index (χ1) is 9.38. The lowest BCUT2D eigenvalue weighted by atomic mass is 9.93. The molecule has 4 nitrogen and oxygen atoms in total. The first-order valence-electron chi connectivity index (χ1n) is 6.43. The highest BCUT2D eigenvalue weighted by atomic mass is 32.1. The topological polar surface area (TPSA) is 51.1 Å². The number of aromatic nitrogens is 1. The van der Waals surface area contributed by atoms with Crippen molar-refractivity contribution in [1.82, 2.24) is 4.68 Å². The van der Waals surface area contributed by atoms with Crippen LogP contribution >= 0.6 is 11.3 Å². The van der Waals surface area contributed by atoms with Crippen LogP contribution in [0.15, 0.2) is 40.5 Å². The molecule has 1 aromatic carbocycles. The van der Waals surface area contributed by atoms with E-state index in [1.165, 1.54) is 4.68 Å². The fourth-order valence-electron chi connectivity index (χ4n) is 1.87. The van der Waals surface area contributed by atoms with Gasteiger partial charge in [0.1, 0.15) is 0 Å². The number of rotatable bonds is 3. The van der Waals surface area contributed by atoms with Crippen LogP contribution in [0.1, 0.15) is 32.0 Å². The van der Waals surface area contributed by atoms with E-state index in [0.29, 0.717) is 0 Å². The average molecular weight is 290 g/mol. The van der Waals surface area contributed by atoms with Gasteiger partial charge in [0, 0.05) is 10.8 Å². The molecule has 0 aliphatic carbocycles. The quantitative estimate of drug-likeness (QED) is 0.944. The summed E-state index contributed by atoms with van der Waals surface area (Å²) in [7, 11) is 0. The third kappa shape index (κ3) is 3.36. The number of nitrogens with one attached hydrogen (secondary N) is 1. The number of carbonyl (C=O) groups is 1. The fraction of sp³-hybridized carbons (Fsp3) is 0.333. The molecule has 20 heavy (non-hydrogen) atoms. The molecule has 0 saturated carbocycles. The summed E-state index contributed by atoms with van der Waals surface area (Å²) in [4.78, 5) is 23.7. The first-order valence-corrected chi connectivity index (χ1v) is 7.31. The molecule has 2 aromatic rings.